The smallest absolute Gasteiger partial charge is 0.130 e. The Labute approximate surface area is 91.3 Å². The fourth-order valence-corrected chi connectivity index (χ4v) is 1.76. The first kappa shape index (κ1) is 12.0. The van der Waals surface area contributed by atoms with Crippen molar-refractivity contribution in [2.45, 2.75) is 39.5 Å². The minimum absolute atomic E-state index is 0.0248. The van der Waals surface area contributed by atoms with Gasteiger partial charge in [0.25, 0.3) is 0 Å². The maximum atomic E-state index is 13.5. The number of hydrogen-bond acceptors (Lipinski definition) is 1. The van der Waals surface area contributed by atoms with Gasteiger partial charge >= 0.3 is 0 Å². The average molecular weight is 210 g/mol. The lowest BCUT2D eigenvalue weighted by atomic mass is 9.85. The number of benzene rings is 1. The van der Waals surface area contributed by atoms with Crippen molar-refractivity contribution in [3.05, 3.63) is 29.1 Å². The molecule has 0 aliphatic heterocycles. The molecule has 0 aliphatic carbocycles. The predicted octanol–water partition coefficient (Wildman–Crippen LogP) is 3.69. The molecule has 0 saturated heterocycles. The molecule has 0 saturated carbocycles. The first-order valence-corrected chi connectivity index (χ1v) is 5.27. The highest BCUT2D eigenvalue weighted by Crippen LogP contribution is 2.35. The number of halogens is 1. The molecule has 15 heavy (non-hydrogen) atoms. The van der Waals surface area contributed by atoms with E-state index in [0.717, 1.165) is 5.56 Å². The van der Waals surface area contributed by atoms with Gasteiger partial charge in [0.05, 0.1) is 7.11 Å². The summed E-state index contributed by atoms with van der Waals surface area (Å²) in [5.41, 5.74) is 1.70. The molecule has 0 aliphatic rings. The molecule has 0 heterocycles. The Morgan fingerprint density at radius 1 is 1.27 bits per heavy atom. The largest absolute Gasteiger partial charge is 0.496 e. The van der Waals surface area contributed by atoms with Crippen LogP contribution in [0.25, 0.3) is 0 Å². The van der Waals surface area contributed by atoms with Crippen LogP contribution in [0.5, 0.6) is 5.75 Å². The Balaban J connectivity index is 3.42. The normalized spacial score (nSPS) is 11.6. The monoisotopic (exact) mass is 210 g/mol. The summed E-state index contributed by atoms with van der Waals surface area (Å²) in [6.45, 7) is 8.24. The molecule has 0 N–H and O–H groups in total. The van der Waals surface area contributed by atoms with E-state index in [1.54, 1.807) is 7.11 Å². The van der Waals surface area contributed by atoms with Crippen molar-refractivity contribution < 1.29 is 9.13 Å². The van der Waals surface area contributed by atoms with Crippen molar-refractivity contribution in [3.8, 4) is 5.75 Å². The third-order valence-electron chi connectivity index (χ3n) is 2.57. The molecule has 0 spiro atoms. The number of methoxy groups -OCH3 is 1. The van der Waals surface area contributed by atoms with Gasteiger partial charge in [0, 0.05) is 5.56 Å². The second kappa shape index (κ2) is 4.21. The summed E-state index contributed by atoms with van der Waals surface area (Å²) in [4.78, 5) is 0. The SMILES string of the molecule is CCc1c(F)ccc(C(C)(C)C)c1OC. The molecule has 0 fully saturated rings. The van der Waals surface area contributed by atoms with Crippen LogP contribution in [0.3, 0.4) is 0 Å². The number of hydrogen-bond donors (Lipinski definition) is 0. The van der Waals surface area contributed by atoms with E-state index in [-0.39, 0.29) is 11.2 Å². The second-order valence-electron chi connectivity index (χ2n) is 4.71. The van der Waals surface area contributed by atoms with E-state index in [2.05, 4.69) is 20.8 Å². The van der Waals surface area contributed by atoms with E-state index in [0.29, 0.717) is 17.7 Å². The van der Waals surface area contributed by atoms with Crippen LogP contribution in [-0.4, -0.2) is 7.11 Å². The Morgan fingerprint density at radius 3 is 2.27 bits per heavy atom. The van der Waals surface area contributed by atoms with Gasteiger partial charge in [0.2, 0.25) is 0 Å². The quantitative estimate of drug-likeness (QED) is 0.723. The van der Waals surface area contributed by atoms with Crippen molar-refractivity contribution in [2.75, 3.05) is 7.11 Å². The summed E-state index contributed by atoms with van der Waals surface area (Å²) < 4.78 is 18.9. The lowest BCUT2D eigenvalue weighted by Crippen LogP contribution is -2.14. The first-order chi connectivity index (χ1) is 6.91. The van der Waals surface area contributed by atoms with Crippen LogP contribution >= 0.6 is 0 Å². The van der Waals surface area contributed by atoms with Crippen LogP contribution in [0.1, 0.15) is 38.8 Å². The summed E-state index contributed by atoms with van der Waals surface area (Å²) in [7, 11) is 1.60. The van der Waals surface area contributed by atoms with Gasteiger partial charge in [-0.1, -0.05) is 33.8 Å². The van der Waals surface area contributed by atoms with Crippen LogP contribution in [-0.2, 0) is 11.8 Å². The standard InChI is InChI=1S/C13H19FO/c1-6-9-11(14)8-7-10(12(9)15-5)13(2,3)4/h7-8H,6H2,1-5H3. The Morgan fingerprint density at radius 2 is 1.87 bits per heavy atom. The molecule has 1 nitrogen and oxygen atoms in total. The third kappa shape index (κ3) is 2.31. The third-order valence-corrected chi connectivity index (χ3v) is 2.57. The molecule has 0 aromatic heterocycles. The van der Waals surface area contributed by atoms with Crippen LogP contribution in [0.4, 0.5) is 4.39 Å². The Kier molecular flexibility index (Phi) is 3.38. The minimum atomic E-state index is -0.178. The molecule has 1 rings (SSSR count). The van der Waals surface area contributed by atoms with Crippen LogP contribution in [0, 0.1) is 5.82 Å². The Bertz CT molecular complexity index is 350. The Hall–Kier alpha value is -1.05. The van der Waals surface area contributed by atoms with Crippen molar-refractivity contribution in [2.24, 2.45) is 0 Å². The lowest BCUT2D eigenvalue weighted by molar-refractivity contribution is 0.388. The second-order valence-corrected chi connectivity index (χ2v) is 4.71. The molecule has 2 heteroatoms. The van der Waals surface area contributed by atoms with Crippen LogP contribution < -0.4 is 4.74 Å². The van der Waals surface area contributed by atoms with Gasteiger partial charge in [-0.2, -0.15) is 0 Å². The van der Waals surface area contributed by atoms with E-state index in [4.69, 9.17) is 4.74 Å². The zero-order valence-electron chi connectivity index (χ0n) is 10.1. The molecule has 0 radical (unpaired) electrons. The average Bonchev–Trinajstić information content (AvgIpc) is 2.15. The van der Waals surface area contributed by atoms with E-state index in [1.807, 2.05) is 13.0 Å². The van der Waals surface area contributed by atoms with E-state index in [1.165, 1.54) is 6.07 Å². The molecule has 0 unspecified atom stereocenters. The molecule has 84 valence electrons. The maximum Gasteiger partial charge on any atom is 0.130 e. The van der Waals surface area contributed by atoms with E-state index < -0.39 is 0 Å². The molecular formula is C13H19FO. The van der Waals surface area contributed by atoms with Gasteiger partial charge < -0.3 is 4.74 Å². The fourth-order valence-electron chi connectivity index (χ4n) is 1.76. The van der Waals surface area contributed by atoms with Gasteiger partial charge in [-0.15, -0.1) is 0 Å². The van der Waals surface area contributed by atoms with Gasteiger partial charge in [-0.3, -0.25) is 0 Å². The summed E-state index contributed by atoms with van der Waals surface area (Å²) in [5, 5.41) is 0. The van der Waals surface area contributed by atoms with Gasteiger partial charge in [-0.25, -0.2) is 4.39 Å². The highest BCUT2D eigenvalue weighted by molar-refractivity contribution is 5.45. The number of rotatable bonds is 2. The molecule has 0 bridgehead atoms. The topological polar surface area (TPSA) is 9.23 Å². The maximum absolute atomic E-state index is 13.5. The first-order valence-electron chi connectivity index (χ1n) is 5.27. The summed E-state index contributed by atoms with van der Waals surface area (Å²) in [5.74, 6) is 0.521. The lowest BCUT2D eigenvalue weighted by Gasteiger charge is -2.24. The zero-order valence-corrected chi connectivity index (χ0v) is 10.1. The number of ether oxygens (including phenoxy) is 1. The fraction of sp³-hybridized carbons (Fsp3) is 0.538. The molecule has 0 amide bonds. The van der Waals surface area contributed by atoms with Crippen molar-refractivity contribution >= 4 is 0 Å². The van der Waals surface area contributed by atoms with Crippen LogP contribution in [0.2, 0.25) is 0 Å². The van der Waals surface area contributed by atoms with Gasteiger partial charge in [0.15, 0.2) is 0 Å². The molecule has 0 atom stereocenters. The van der Waals surface area contributed by atoms with Crippen LogP contribution in [0.15, 0.2) is 12.1 Å². The molecule has 1 aromatic carbocycles. The summed E-state index contributed by atoms with van der Waals surface area (Å²) >= 11 is 0. The van der Waals surface area contributed by atoms with Crippen molar-refractivity contribution in [3.63, 3.8) is 0 Å². The minimum Gasteiger partial charge on any atom is -0.496 e. The highest BCUT2D eigenvalue weighted by atomic mass is 19.1. The van der Waals surface area contributed by atoms with Crippen molar-refractivity contribution in [1.29, 1.82) is 0 Å². The summed E-state index contributed by atoms with van der Waals surface area (Å²) in [6, 6.07) is 3.34. The van der Waals surface area contributed by atoms with Crippen molar-refractivity contribution in [1.82, 2.24) is 0 Å². The van der Waals surface area contributed by atoms with Gasteiger partial charge in [0.1, 0.15) is 11.6 Å². The zero-order chi connectivity index (χ0) is 11.6. The highest BCUT2D eigenvalue weighted by Gasteiger charge is 2.22. The van der Waals surface area contributed by atoms with E-state index in [9.17, 15) is 4.39 Å². The summed E-state index contributed by atoms with van der Waals surface area (Å²) in [6.07, 6.45) is 0.652. The van der Waals surface area contributed by atoms with E-state index >= 15 is 0 Å². The molecule has 1 aromatic rings. The van der Waals surface area contributed by atoms with Gasteiger partial charge in [-0.05, 0) is 23.5 Å². The predicted molar refractivity (Wildman–Crippen MR) is 61.0 cm³/mol. The molecular weight excluding hydrogens is 191 g/mol.